The number of aliphatic imine (C=N–C) groups is 1. The van der Waals surface area contributed by atoms with E-state index in [1.165, 1.54) is 7.05 Å². The van der Waals surface area contributed by atoms with E-state index in [1.807, 2.05) is 0 Å². The maximum atomic E-state index is 4.47. The number of rotatable bonds is 0. The summed E-state index contributed by atoms with van der Waals surface area (Å²) >= 11 is 0. The van der Waals surface area contributed by atoms with E-state index in [2.05, 4.69) is 11.7 Å². The van der Waals surface area contributed by atoms with Gasteiger partial charge in [0, 0.05) is 51.3 Å². The van der Waals surface area contributed by atoms with Gasteiger partial charge < -0.3 is 11.7 Å². The van der Waals surface area contributed by atoms with Crippen LogP contribution in [0.1, 0.15) is 0 Å². The van der Waals surface area contributed by atoms with Crippen molar-refractivity contribution in [3.8, 4) is 0 Å². The largest absolute Gasteiger partial charge is 0.509 e. The molecule has 5 heavy (non-hydrogen) atoms. The zero-order valence-electron chi connectivity index (χ0n) is 3.05. The molecule has 0 aliphatic rings. The van der Waals surface area contributed by atoms with Crippen LogP contribution in [0.25, 0.3) is 0 Å². The first-order chi connectivity index (χ1) is 1.41. The maximum absolute atomic E-state index is 4.47. The second-order valence-corrected chi connectivity index (χ2v) is 0.258. The van der Waals surface area contributed by atoms with Gasteiger partial charge in [-0.1, -0.05) is 0 Å². The molecule has 0 heterocycles. The van der Waals surface area contributed by atoms with Crippen LogP contribution in [-0.2, 0) is 51.3 Å². The Morgan fingerprint density at radius 1 is 1.60 bits per heavy atom. The van der Waals surface area contributed by atoms with Gasteiger partial charge in [0.2, 0.25) is 0 Å². The Hall–Kier alpha value is 1.36. The van der Waals surface area contributed by atoms with E-state index in [1.54, 1.807) is 0 Å². The van der Waals surface area contributed by atoms with E-state index in [9.17, 15) is 0 Å². The van der Waals surface area contributed by atoms with Gasteiger partial charge in [-0.25, -0.2) is 0 Å². The summed E-state index contributed by atoms with van der Waals surface area (Å²) in [4.78, 5) is 3.00. The third-order valence-electron chi connectivity index (χ3n) is 0. The van der Waals surface area contributed by atoms with Gasteiger partial charge in [0.05, 0.1) is 0 Å². The van der Waals surface area contributed by atoms with Crippen LogP contribution in [0.3, 0.4) is 0 Å². The number of hydrogen-bond donors (Lipinski definition) is 0. The molecule has 0 rings (SSSR count). The first-order valence-electron chi connectivity index (χ1n) is 0.705. The van der Waals surface area contributed by atoms with Gasteiger partial charge in [0.15, 0.2) is 0 Å². The summed E-state index contributed by atoms with van der Waals surface area (Å²) in [5, 5.41) is 0. The van der Waals surface area contributed by atoms with Crippen molar-refractivity contribution < 1.29 is 51.3 Å². The predicted molar refractivity (Wildman–Crippen MR) is 14.4 cm³/mol. The van der Waals surface area contributed by atoms with E-state index in [0.717, 1.165) is 0 Å². The predicted octanol–water partition coefficient (Wildman–Crippen LogP) is 0.189. The number of hydrogen-bond acceptors (Lipinski definition) is 1. The van der Waals surface area contributed by atoms with Crippen molar-refractivity contribution in [1.29, 1.82) is 0 Å². The van der Waals surface area contributed by atoms with Gasteiger partial charge in [-0.15, -0.1) is 0 Å². The fourth-order valence-electron chi connectivity index (χ4n) is 0. The molecule has 0 saturated heterocycles. The van der Waals surface area contributed by atoms with Gasteiger partial charge in [-0.05, 0) is 7.05 Å². The summed E-state index contributed by atoms with van der Waals surface area (Å²) in [7, 11) is 1.53. The van der Waals surface area contributed by atoms with Crippen LogP contribution in [0, 0.1) is 0 Å². The van der Waals surface area contributed by atoms with Crippen LogP contribution in [0.4, 0.5) is 0 Å². The summed E-state index contributed by atoms with van der Waals surface area (Å²) in [5.74, 6) is 0. The Balaban J connectivity index is -0.0000000200. The Morgan fingerprint density at radius 2 is 1.60 bits per heavy atom. The van der Waals surface area contributed by atoms with Crippen LogP contribution in [0.15, 0.2) is 4.99 Å². The van der Waals surface area contributed by atoms with Gasteiger partial charge in [0.1, 0.15) is 0 Å². The third kappa shape index (κ3) is 32.8. The average molecular weight is 182 g/mol. The summed E-state index contributed by atoms with van der Waals surface area (Å²) in [6.07, 6.45) is 0. The van der Waals surface area contributed by atoms with Crippen LogP contribution < -0.4 is 0 Å². The molecule has 0 aromatic rings. The monoisotopic (exact) mass is 182 g/mol. The fraction of sp³-hybridized carbons (Fsp3) is 0.500. The van der Waals surface area contributed by atoms with Gasteiger partial charge in [-0.3, -0.25) is 0 Å². The van der Waals surface area contributed by atoms with Crippen LogP contribution in [0.5, 0.6) is 0 Å². The Bertz CT molecular complexity index is 17.1. The molecule has 0 aromatic heterocycles. The molecule has 0 saturated carbocycles. The summed E-state index contributed by atoms with van der Waals surface area (Å²) < 4.78 is 0. The standard InChI is InChI=1S/C2H4N.V.Y/c1-3-2;;/h1H,2H3;;/q-1;;. The van der Waals surface area contributed by atoms with Crippen molar-refractivity contribution in [2.24, 2.45) is 4.99 Å². The topological polar surface area (TPSA) is 12.4 Å². The van der Waals surface area contributed by atoms with Crippen LogP contribution in [0.2, 0.25) is 0 Å². The van der Waals surface area contributed by atoms with E-state index in [0.29, 0.717) is 0 Å². The van der Waals surface area contributed by atoms with Gasteiger partial charge >= 0.3 is 0 Å². The Morgan fingerprint density at radius 3 is 1.60 bits per heavy atom. The van der Waals surface area contributed by atoms with Crippen molar-refractivity contribution in [3.05, 3.63) is 0 Å². The number of nitrogens with zero attached hydrogens (tertiary/aromatic N) is 1. The SMILES string of the molecule is [CH-]=NC.[V].[Y]. The Kier molecular flexibility index (Phi) is 59.2. The fourth-order valence-corrected chi connectivity index (χ4v) is 0. The van der Waals surface area contributed by atoms with E-state index in [4.69, 9.17) is 0 Å². The molecule has 0 aliphatic heterocycles. The van der Waals surface area contributed by atoms with E-state index in [-0.39, 0.29) is 51.3 Å². The van der Waals surface area contributed by atoms with Gasteiger partial charge in [0.25, 0.3) is 0 Å². The molecule has 0 N–H and O–H groups in total. The summed E-state index contributed by atoms with van der Waals surface area (Å²) in [5.41, 5.74) is 0. The third-order valence-corrected chi connectivity index (χ3v) is 0. The molecule has 0 unspecified atom stereocenters. The molecule has 3 heteroatoms. The van der Waals surface area contributed by atoms with Crippen LogP contribution in [-0.4, -0.2) is 13.8 Å². The molecule has 0 aromatic carbocycles. The Labute approximate surface area is 69.4 Å². The molecular weight excluding hydrogens is 178 g/mol. The molecule has 0 aliphatic carbocycles. The molecule has 0 amide bonds. The zero-order valence-corrected chi connectivity index (χ0v) is 7.28. The minimum atomic E-state index is 0. The zero-order chi connectivity index (χ0) is 2.71. The quantitative estimate of drug-likeness (QED) is 0.374. The van der Waals surface area contributed by atoms with E-state index >= 15 is 0 Å². The van der Waals surface area contributed by atoms with Crippen molar-refractivity contribution in [2.45, 2.75) is 0 Å². The molecule has 0 atom stereocenters. The first-order valence-corrected chi connectivity index (χ1v) is 0.705. The van der Waals surface area contributed by atoms with Crippen LogP contribution >= 0.6 is 0 Å². The minimum absolute atomic E-state index is 0. The average Bonchev–Trinajstić information content (AvgIpc) is 0.918. The molecule has 26 valence electrons. The van der Waals surface area contributed by atoms with Crippen molar-refractivity contribution in [2.75, 3.05) is 7.05 Å². The second-order valence-electron chi connectivity index (χ2n) is 0.258. The van der Waals surface area contributed by atoms with Crippen molar-refractivity contribution in [1.82, 2.24) is 0 Å². The van der Waals surface area contributed by atoms with Crippen molar-refractivity contribution in [3.63, 3.8) is 0 Å². The first kappa shape index (κ1) is 16.2. The minimum Gasteiger partial charge on any atom is -0.509 e. The molecule has 2 radical (unpaired) electrons. The van der Waals surface area contributed by atoms with Gasteiger partial charge in [-0.2, -0.15) is 0 Å². The molecular formula is C2H4NVY-. The molecule has 0 spiro atoms. The summed E-state index contributed by atoms with van der Waals surface area (Å²) in [6, 6.07) is 0. The molecule has 0 fully saturated rings. The second kappa shape index (κ2) is 18.3. The van der Waals surface area contributed by atoms with Crippen molar-refractivity contribution >= 4 is 6.72 Å². The smallest absolute Gasteiger partial charge is 0 e. The van der Waals surface area contributed by atoms with E-state index < -0.39 is 0 Å². The normalized spacial score (nSPS) is 2.60. The maximum Gasteiger partial charge on any atom is 0 e. The molecule has 0 bridgehead atoms. The molecule has 1 nitrogen and oxygen atoms in total. The summed E-state index contributed by atoms with van der Waals surface area (Å²) in [6.45, 7) is 4.47.